The zero-order chi connectivity index (χ0) is 31.1. The van der Waals surface area contributed by atoms with Crippen molar-refractivity contribution < 1.29 is 10.0 Å². The van der Waals surface area contributed by atoms with Gasteiger partial charge in [-0.05, 0) is 106 Å². The highest BCUT2D eigenvalue weighted by molar-refractivity contribution is 14.1. The Labute approximate surface area is 289 Å². The molecule has 0 aliphatic heterocycles. The summed E-state index contributed by atoms with van der Waals surface area (Å²) in [5, 5.41) is 24.2. The van der Waals surface area contributed by atoms with Crippen LogP contribution in [0.1, 0.15) is 0 Å². The average molecular weight is 820 g/mol. The van der Waals surface area contributed by atoms with Gasteiger partial charge < -0.3 is 20.7 Å². The number of benzene rings is 6. The lowest BCUT2D eigenvalue weighted by atomic mass is 9.80. The molecule has 0 aliphatic rings. The Kier molecular flexibility index (Phi) is 13.5. The Balaban J connectivity index is 0.000000161. The van der Waals surface area contributed by atoms with Crippen molar-refractivity contribution in [3.05, 3.63) is 170 Å². The molecule has 0 amide bonds. The minimum absolute atomic E-state index is 0.488. The van der Waals surface area contributed by atoms with Gasteiger partial charge in [-0.3, -0.25) is 0 Å². The summed E-state index contributed by atoms with van der Waals surface area (Å²) in [6.45, 7) is 0. The van der Waals surface area contributed by atoms with Crippen LogP contribution in [0.5, 0.6) is 0 Å². The third-order valence-electron chi connectivity index (χ3n) is 6.18. The van der Waals surface area contributed by atoms with Crippen LogP contribution in [0.3, 0.4) is 0 Å². The summed E-state index contributed by atoms with van der Waals surface area (Å²) in [5.41, 5.74) is 7.31. The topological polar surface area (TPSA) is 64.5 Å². The first kappa shape index (κ1) is 33.5. The first-order valence-corrected chi connectivity index (χ1v) is 16.4. The monoisotopic (exact) mass is 818 g/mol. The molecule has 8 heteroatoms. The fraction of sp³-hybridized carbons (Fsp3) is 0. The fourth-order valence-electron chi connectivity index (χ4n) is 4.09. The molecule has 4 nitrogen and oxygen atoms in total. The van der Waals surface area contributed by atoms with Gasteiger partial charge in [0, 0.05) is 35.3 Å². The molecule has 0 spiro atoms. The van der Waals surface area contributed by atoms with Gasteiger partial charge in [0.1, 0.15) is 0 Å². The highest BCUT2D eigenvalue weighted by atomic mass is 127. The first-order valence-electron chi connectivity index (χ1n) is 13.7. The second kappa shape index (κ2) is 17.8. The number of halogens is 3. The van der Waals surface area contributed by atoms with Gasteiger partial charge in [0.05, 0.1) is 0 Å². The van der Waals surface area contributed by atoms with Crippen LogP contribution in [0, 0.1) is 3.57 Å². The van der Waals surface area contributed by atoms with E-state index in [1.165, 1.54) is 14.7 Å². The SMILES string of the molecule is Brc1ccccc1-c1cccc(Nc2ccccc2)c1.Ic1cccc(Nc2ccccc2)c1.OB(O)c1ccccc1Br. The molecule has 6 aromatic carbocycles. The first-order chi connectivity index (χ1) is 21.4. The van der Waals surface area contributed by atoms with Gasteiger partial charge in [0.2, 0.25) is 0 Å². The molecule has 0 saturated heterocycles. The van der Waals surface area contributed by atoms with Crippen molar-refractivity contribution >= 4 is 89.8 Å². The van der Waals surface area contributed by atoms with E-state index in [9.17, 15) is 0 Å². The van der Waals surface area contributed by atoms with E-state index in [4.69, 9.17) is 10.0 Å². The summed E-state index contributed by atoms with van der Waals surface area (Å²) in [5.74, 6) is 0. The summed E-state index contributed by atoms with van der Waals surface area (Å²) in [4.78, 5) is 0. The maximum Gasteiger partial charge on any atom is 0.489 e. The number of nitrogens with one attached hydrogen (secondary N) is 2. The highest BCUT2D eigenvalue weighted by Gasteiger charge is 2.12. The fourth-order valence-corrected chi connectivity index (χ4v) is 5.63. The van der Waals surface area contributed by atoms with Crippen molar-refractivity contribution in [1.82, 2.24) is 0 Å². The second-order valence-electron chi connectivity index (χ2n) is 9.45. The molecule has 0 saturated carbocycles. The molecule has 0 atom stereocenters. The standard InChI is InChI=1S/C18H14BrN.C12H10IN.C6H6BBrO2/c19-18-12-5-4-11-17(18)14-7-6-10-16(13-14)20-15-8-2-1-3-9-15;13-10-5-4-8-12(9-10)14-11-6-2-1-3-7-11;8-6-4-2-1-3-5(6)7(9)10/h1-13,20H;1-9,14H;1-4,9-10H. The van der Waals surface area contributed by atoms with Crippen molar-refractivity contribution in [2.24, 2.45) is 0 Å². The van der Waals surface area contributed by atoms with E-state index >= 15 is 0 Å². The van der Waals surface area contributed by atoms with Crippen LogP contribution in [0.25, 0.3) is 11.1 Å². The quantitative estimate of drug-likeness (QED) is 0.0999. The lowest BCUT2D eigenvalue weighted by Crippen LogP contribution is -2.30. The predicted octanol–water partition coefficient (Wildman–Crippen LogP) is 10.0. The normalized spacial score (nSPS) is 9.93. The molecule has 220 valence electrons. The molecule has 44 heavy (non-hydrogen) atoms. The Hall–Kier alpha value is -3.41. The summed E-state index contributed by atoms with van der Waals surface area (Å²) in [6.07, 6.45) is 0. The van der Waals surface area contributed by atoms with Crippen molar-refractivity contribution in [1.29, 1.82) is 0 Å². The summed E-state index contributed by atoms with van der Waals surface area (Å²) in [7, 11) is -1.39. The summed E-state index contributed by atoms with van der Waals surface area (Å²) >= 11 is 9.09. The van der Waals surface area contributed by atoms with E-state index in [0.29, 0.717) is 9.94 Å². The van der Waals surface area contributed by atoms with Crippen LogP contribution in [-0.2, 0) is 0 Å². The second-order valence-corrected chi connectivity index (χ2v) is 12.4. The smallest absolute Gasteiger partial charge is 0.423 e. The van der Waals surface area contributed by atoms with Gasteiger partial charge in [0.25, 0.3) is 0 Å². The molecule has 4 N–H and O–H groups in total. The zero-order valence-corrected chi connectivity index (χ0v) is 28.9. The van der Waals surface area contributed by atoms with Crippen molar-refractivity contribution in [3.63, 3.8) is 0 Å². The molecule has 0 heterocycles. The van der Waals surface area contributed by atoms with Crippen LogP contribution in [-0.4, -0.2) is 17.2 Å². The largest absolute Gasteiger partial charge is 0.489 e. The Bertz CT molecular complexity index is 1740. The predicted molar refractivity (Wildman–Crippen MR) is 202 cm³/mol. The number of rotatable bonds is 6. The molecule has 0 radical (unpaired) electrons. The van der Waals surface area contributed by atoms with Gasteiger partial charge in [-0.25, -0.2) is 0 Å². The van der Waals surface area contributed by atoms with Gasteiger partial charge in [-0.15, -0.1) is 0 Å². The Morgan fingerprint density at radius 2 is 0.955 bits per heavy atom. The van der Waals surface area contributed by atoms with E-state index in [1.54, 1.807) is 18.2 Å². The van der Waals surface area contributed by atoms with Crippen LogP contribution >= 0.6 is 54.5 Å². The lowest BCUT2D eigenvalue weighted by molar-refractivity contribution is 0.425. The van der Waals surface area contributed by atoms with E-state index in [2.05, 4.69) is 150 Å². The average Bonchev–Trinajstić information content (AvgIpc) is 3.03. The summed E-state index contributed by atoms with van der Waals surface area (Å²) < 4.78 is 3.06. The Morgan fingerprint density at radius 3 is 1.48 bits per heavy atom. The maximum absolute atomic E-state index is 8.73. The van der Waals surface area contributed by atoms with E-state index < -0.39 is 7.12 Å². The third-order valence-corrected chi connectivity index (χ3v) is 8.27. The number of para-hydroxylation sites is 2. The molecule has 0 aromatic heterocycles. The van der Waals surface area contributed by atoms with Crippen LogP contribution in [0.15, 0.2) is 167 Å². The van der Waals surface area contributed by atoms with E-state index in [0.717, 1.165) is 27.2 Å². The number of hydrogen-bond acceptors (Lipinski definition) is 4. The van der Waals surface area contributed by atoms with E-state index in [-0.39, 0.29) is 0 Å². The Morgan fingerprint density at radius 1 is 0.477 bits per heavy atom. The lowest BCUT2D eigenvalue weighted by Gasteiger charge is -2.09. The van der Waals surface area contributed by atoms with Gasteiger partial charge >= 0.3 is 7.12 Å². The molecule has 6 rings (SSSR count). The van der Waals surface area contributed by atoms with Gasteiger partial charge in [-0.1, -0.05) is 123 Å². The minimum Gasteiger partial charge on any atom is -0.423 e. The van der Waals surface area contributed by atoms with Gasteiger partial charge in [0.15, 0.2) is 0 Å². The minimum atomic E-state index is -1.39. The van der Waals surface area contributed by atoms with Crippen LogP contribution in [0.4, 0.5) is 22.7 Å². The van der Waals surface area contributed by atoms with Gasteiger partial charge in [-0.2, -0.15) is 0 Å². The molecule has 0 bridgehead atoms. The van der Waals surface area contributed by atoms with E-state index in [1.807, 2.05) is 54.6 Å². The maximum atomic E-state index is 8.73. The summed E-state index contributed by atoms with van der Waals surface area (Å²) in [6, 6.07) is 52.3. The third kappa shape index (κ3) is 10.9. The molecule has 0 unspecified atom stereocenters. The molecule has 0 fully saturated rings. The molecular weight excluding hydrogens is 790 g/mol. The van der Waals surface area contributed by atoms with Crippen LogP contribution in [0.2, 0.25) is 0 Å². The molecule has 0 aliphatic carbocycles. The van der Waals surface area contributed by atoms with Crippen molar-refractivity contribution in [2.45, 2.75) is 0 Å². The highest BCUT2D eigenvalue weighted by Crippen LogP contribution is 2.30. The number of hydrogen-bond donors (Lipinski definition) is 4. The number of anilines is 4. The van der Waals surface area contributed by atoms with Crippen LogP contribution < -0.4 is 16.1 Å². The van der Waals surface area contributed by atoms with Crippen molar-refractivity contribution in [3.8, 4) is 11.1 Å². The van der Waals surface area contributed by atoms with Crippen molar-refractivity contribution in [2.75, 3.05) is 10.6 Å². The molecule has 6 aromatic rings. The zero-order valence-electron chi connectivity index (χ0n) is 23.6. The molecular formula is C36H30BBr2IN2O2.